The third-order valence-corrected chi connectivity index (χ3v) is 1.32. The number of hydrogen-bond donors (Lipinski definition) is 2. The molecule has 0 aliphatic rings. The van der Waals surface area contributed by atoms with Crippen LogP contribution in [0.1, 0.15) is 5.69 Å². The summed E-state index contributed by atoms with van der Waals surface area (Å²) in [6.07, 6.45) is 1.56. The van der Waals surface area contributed by atoms with Gasteiger partial charge in [-0.2, -0.15) is 5.10 Å². The second-order valence-electron chi connectivity index (χ2n) is 1.64. The molecular formula is C4H6N3O2S-. The number of nitrogens with one attached hydrogen (secondary N) is 2. The number of rotatable bonds is 3. The van der Waals surface area contributed by atoms with E-state index in [4.69, 9.17) is 0 Å². The largest absolute Gasteiger partial charge is 0.760 e. The molecule has 0 aromatic carbocycles. The molecule has 6 heteroatoms. The topological polar surface area (TPSA) is 80.8 Å². The van der Waals surface area contributed by atoms with E-state index in [0.717, 1.165) is 5.69 Å². The summed E-state index contributed by atoms with van der Waals surface area (Å²) >= 11 is -2.20. The second kappa shape index (κ2) is 3.45. The van der Waals surface area contributed by atoms with Gasteiger partial charge in [-0.1, -0.05) is 0 Å². The third-order valence-electron chi connectivity index (χ3n) is 0.939. The fraction of sp³-hybridized carbons (Fsp3) is 0.250. The van der Waals surface area contributed by atoms with Gasteiger partial charge in [0.1, 0.15) is 0 Å². The Morgan fingerprint density at radius 1 is 1.90 bits per heavy atom. The lowest BCUT2D eigenvalue weighted by Gasteiger charge is -2.03. The van der Waals surface area contributed by atoms with Crippen molar-refractivity contribution >= 4 is 11.3 Å². The van der Waals surface area contributed by atoms with Gasteiger partial charge in [-0.05, 0) is 6.07 Å². The molecule has 56 valence electrons. The van der Waals surface area contributed by atoms with E-state index in [0.29, 0.717) is 0 Å². The summed E-state index contributed by atoms with van der Waals surface area (Å²) in [5.41, 5.74) is 0.740. The molecule has 1 aromatic rings. The zero-order valence-corrected chi connectivity index (χ0v) is 5.85. The zero-order valence-electron chi connectivity index (χ0n) is 5.03. The van der Waals surface area contributed by atoms with Gasteiger partial charge in [0.15, 0.2) is 0 Å². The average Bonchev–Trinajstić information content (AvgIpc) is 2.34. The van der Waals surface area contributed by atoms with Crippen molar-refractivity contribution in [2.75, 3.05) is 0 Å². The van der Waals surface area contributed by atoms with Crippen LogP contribution < -0.4 is 4.72 Å². The van der Waals surface area contributed by atoms with Crippen molar-refractivity contribution in [2.45, 2.75) is 6.54 Å². The van der Waals surface area contributed by atoms with E-state index in [1.807, 2.05) is 0 Å². The summed E-state index contributed by atoms with van der Waals surface area (Å²) in [5, 5.41) is 6.24. The van der Waals surface area contributed by atoms with Crippen molar-refractivity contribution in [3.8, 4) is 0 Å². The molecule has 0 saturated carbocycles. The first-order valence-electron chi connectivity index (χ1n) is 2.60. The molecule has 0 aliphatic heterocycles. The molecule has 1 aromatic heterocycles. The Labute approximate surface area is 60.3 Å². The molecule has 0 radical (unpaired) electrons. The highest BCUT2D eigenvalue weighted by Crippen LogP contribution is 1.88. The first-order valence-corrected chi connectivity index (χ1v) is 3.67. The first-order chi connectivity index (χ1) is 4.79. The fourth-order valence-corrected chi connectivity index (χ4v) is 0.793. The molecule has 0 fully saturated rings. The monoisotopic (exact) mass is 160 g/mol. The predicted molar refractivity (Wildman–Crippen MR) is 34.3 cm³/mol. The Hall–Kier alpha value is -0.720. The van der Waals surface area contributed by atoms with Gasteiger partial charge >= 0.3 is 0 Å². The predicted octanol–water partition coefficient (Wildman–Crippen LogP) is -0.707. The van der Waals surface area contributed by atoms with Crippen molar-refractivity contribution < 1.29 is 8.76 Å². The maximum atomic E-state index is 9.95. The fourth-order valence-electron chi connectivity index (χ4n) is 0.520. The molecule has 0 amide bonds. The first kappa shape index (κ1) is 7.39. The Balaban J connectivity index is 2.35. The minimum Gasteiger partial charge on any atom is -0.760 e. The maximum absolute atomic E-state index is 9.95. The maximum Gasteiger partial charge on any atom is 0.0499 e. The SMILES string of the molecule is O=S([O-])NCc1ccn[nH]1. The van der Waals surface area contributed by atoms with Crippen LogP contribution in [-0.2, 0) is 17.8 Å². The van der Waals surface area contributed by atoms with Crippen LogP contribution in [0.3, 0.4) is 0 Å². The van der Waals surface area contributed by atoms with Gasteiger partial charge in [0.25, 0.3) is 0 Å². The molecule has 0 spiro atoms. The van der Waals surface area contributed by atoms with Crippen molar-refractivity contribution in [3.63, 3.8) is 0 Å². The van der Waals surface area contributed by atoms with Crippen LogP contribution in [0, 0.1) is 0 Å². The van der Waals surface area contributed by atoms with E-state index in [-0.39, 0.29) is 6.54 Å². The van der Waals surface area contributed by atoms with Crippen LogP contribution in [0.5, 0.6) is 0 Å². The van der Waals surface area contributed by atoms with Gasteiger partial charge in [-0.3, -0.25) is 9.31 Å². The zero-order chi connectivity index (χ0) is 7.40. The average molecular weight is 160 g/mol. The number of hydrogen-bond acceptors (Lipinski definition) is 3. The van der Waals surface area contributed by atoms with Crippen molar-refractivity contribution in [2.24, 2.45) is 0 Å². The van der Waals surface area contributed by atoms with Gasteiger partial charge in [-0.25, -0.2) is 4.72 Å². The summed E-state index contributed by atoms with van der Waals surface area (Å²) in [6.45, 7) is 0.260. The molecule has 1 heterocycles. The Bertz CT molecular complexity index is 210. The summed E-state index contributed by atoms with van der Waals surface area (Å²) in [7, 11) is 0. The van der Waals surface area contributed by atoms with Crippen LogP contribution in [0.25, 0.3) is 0 Å². The van der Waals surface area contributed by atoms with E-state index in [2.05, 4.69) is 14.9 Å². The molecule has 0 saturated heterocycles. The minimum absolute atomic E-state index is 0.260. The van der Waals surface area contributed by atoms with Crippen LogP contribution in [0.15, 0.2) is 12.3 Å². The smallest absolute Gasteiger partial charge is 0.0499 e. The second-order valence-corrected chi connectivity index (χ2v) is 2.40. The lowest BCUT2D eigenvalue weighted by Crippen LogP contribution is -2.15. The number of aromatic amines is 1. The van der Waals surface area contributed by atoms with Crippen LogP contribution in [-0.4, -0.2) is 19.0 Å². The molecule has 1 atom stereocenters. The molecule has 2 N–H and O–H groups in total. The van der Waals surface area contributed by atoms with Crippen LogP contribution >= 0.6 is 0 Å². The van der Waals surface area contributed by atoms with Gasteiger partial charge in [0.05, 0.1) is 0 Å². The lowest BCUT2D eigenvalue weighted by atomic mass is 10.4. The normalized spacial score (nSPS) is 13.3. The highest BCUT2D eigenvalue weighted by molar-refractivity contribution is 7.77. The van der Waals surface area contributed by atoms with E-state index >= 15 is 0 Å². The highest BCUT2D eigenvalue weighted by Gasteiger charge is 1.89. The summed E-state index contributed by atoms with van der Waals surface area (Å²) in [6, 6.07) is 1.69. The Kier molecular flexibility index (Phi) is 2.55. The molecule has 10 heavy (non-hydrogen) atoms. The highest BCUT2D eigenvalue weighted by atomic mass is 32.2. The van der Waals surface area contributed by atoms with Gasteiger partial charge in [0.2, 0.25) is 0 Å². The minimum atomic E-state index is -2.20. The van der Waals surface area contributed by atoms with E-state index in [1.54, 1.807) is 12.3 Å². The van der Waals surface area contributed by atoms with Crippen LogP contribution in [0.2, 0.25) is 0 Å². The Morgan fingerprint density at radius 2 is 2.70 bits per heavy atom. The summed E-state index contributed by atoms with van der Waals surface area (Å²) in [5.74, 6) is 0. The number of H-pyrrole nitrogens is 1. The molecule has 1 unspecified atom stereocenters. The molecule has 0 aliphatic carbocycles. The standard InChI is InChI=1S/C4H7N3O2S/c8-10(9)6-3-4-1-2-5-7-4/h1-2,6H,3H2,(H,5,7)(H,8,9)/p-1. The van der Waals surface area contributed by atoms with E-state index in [1.165, 1.54) is 0 Å². The number of nitrogens with zero attached hydrogens (tertiary/aromatic N) is 1. The third kappa shape index (κ3) is 2.26. The van der Waals surface area contributed by atoms with Crippen molar-refractivity contribution in [3.05, 3.63) is 18.0 Å². The number of aromatic nitrogens is 2. The van der Waals surface area contributed by atoms with Crippen LogP contribution in [0.4, 0.5) is 0 Å². The molecule has 1 rings (SSSR count). The Morgan fingerprint density at radius 3 is 3.20 bits per heavy atom. The van der Waals surface area contributed by atoms with Gasteiger partial charge in [-0.15, -0.1) is 0 Å². The lowest BCUT2D eigenvalue weighted by molar-refractivity contribution is 0.522. The molecule has 0 bridgehead atoms. The van der Waals surface area contributed by atoms with Crippen molar-refractivity contribution in [1.29, 1.82) is 0 Å². The van der Waals surface area contributed by atoms with Gasteiger partial charge < -0.3 is 4.55 Å². The van der Waals surface area contributed by atoms with Crippen molar-refractivity contribution in [1.82, 2.24) is 14.9 Å². The van der Waals surface area contributed by atoms with E-state index < -0.39 is 11.3 Å². The summed E-state index contributed by atoms with van der Waals surface area (Å²) in [4.78, 5) is 0. The quantitative estimate of drug-likeness (QED) is 0.573. The molecular weight excluding hydrogens is 154 g/mol. The summed E-state index contributed by atoms with van der Waals surface area (Å²) < 4.78 is 22.1. The van der Waals surface area contributed by atoms with E-state index in [9.17, 15) is 8.76 Å². The van der Waals surface area contributed by atoms with Gasteiger partial charge in [0, 0.05) is 29.7 Å². The molecule has 5 nitrogen and oxygen atoms in total.